The molecule has 0 spiro atoms. The molecule has 0 radical (unpaired) electrons. The van der Waals surface area contributed by atoms with Crippen molar-refractivity contribution in [2.24, 2.45) is 0 Å². The van der Waals surface area contributed by atoms with Gasteiger partial charge in [0.15, 0.2) is 9.84 Å². The minimum absolute atomic E-state index is 0.0176. The fourth-order valence-corrected chi connectivity index (χ4v) is 3.37. The Morgan fingerprint density at radius 1 is 1.00 bits per heavy atom. The van der Waals surface area contributed by atoms with Crippen molar-refractivity contribution in [3.8, 4) is 11.5 Å². The SMILES string of the molecule is CCCS(=O)(=O)CC(=O)Nc1ccc(Oc2ccc(C)cc2)cc1. The molecule has 0 unspecified atom stereocenters. The highest BCUT2D eigenvalue weighted by molar-refractivity contribution is 7.92. The van der Waals surface area contributed by atoms with Crippen LogP contribution in [-0.4, -0.2) is 25.8 Å². The van der Waals surface area contributed by atoms with Crippen LogP contribution in [-0.2, 0) is 14.6 Å². The van der Waals surface area contributed by atoms with Crippen molar-refractivity contribution in [2.75, 3.05) is 16.8 Å². The molecule has 2 rings (SSSR count). The van der Waals surface area contributed by atoms with E-state index in [1.54, 1.807) is 31.2 Å². The Balaban J connectivity index is 1.94. The van der Waals surface area contributed by atoms with Gasteiger partial charge >= 0.3 is 0 Å². The summed E-state index contributed by atoms with van der Waals surface area (Å²) in [5.74, 6) is 0.348. The van der Waals surface area contributed by atoms with Gasteiger partial charge in [0.1, 0.15) is 17.3 Å². The smallest absolute Gasteiger partial charge is 0.239 e. The van der Waals surface area contributed by atoms with Gasteiger partial charge in [-0.1, -0.05) is 24.6 Å². The third-order valence-corrected chi connectivity index (χ3v) is 4.99. The molecule has 0 aliphatic rings. The van der Waals surface area contributed by atoms with Crippen molar-refractivity contribution < 1.29 is 17.9 Å². The van der Waals surface area contributed by atoms with E-state index in [1.807, 2.05) is 31.2 Å². The summed E-state index contributed by atoms with van der Waals surface area (Å²) < 4.78 is 29.0. The van der Waals surface area contributed by atoms with Gasteiger partial charge in [-0.3, -0.25) is 4.79 Å². The summed E-state index contributed by atoms with van der Waals surface area (Å²) in [6, 6.07) is 14.5. The zero-order chi connectivity index (χ0) is 17.6. The summed E-state index contributed by atoms with van der Waals surface area (Å²) in [5.41, 5.74) is 1.68. The van der Waals surface area contributed by atoms with Crippen LogP contribution in [0.5, 0.6) is 11.5 Å². The number of sulfone groups is 1. The van der Waals surface area contributed by atoms with Gasteiger partial charge in [0.25, 0.3) is 0 Å². The summed E-state index contributed by atoms with van der Waals surface area (Å²) >= 11 is 0. The number of ether oxygens (including phenoxy) is 1. The molecule has 1 amide bonds. The second-order valence-electron chi connectivity index (χ2n) is 5.58. The van der Waals surface area contributed by atoms with Crippen molar-refractivity contribution in [3.05, 3.63) is 54.1 Å². The lowest BCUT2D eigenvalue weighted by Crippen LogP contribution is -2.24. The number of hydrogen-bond acceptors (Lipinski definition) is 4. The molecule has 0 aliphatic heterocycles. The molecule has 5 nitrogen and oxygen atoms in total. The lowest BCUT2D eigenvalue weighted by atomic mass is 10.2. The fraction of sp³-hybridized carbons (Fsp3) is 0.278. The van der Waals surface area contributed by atoms with Gasteiger partial charge in [-0.25, -0.2) is 8.42 Å². The molecular weight excluding hydrogens is 326 g/mol. The maximum absolute atomic E-state index is 11.8. The van der Waals surface area contributed by atoms with Crippen LogP contribution in [0, 0.1) is 6.92 Å². The van der Waals surface area contributed by atoms with Gasteiger partial charge in [-0.15, -0.1) is 0 Å². The fourth-order valence-electron chi connectivity index (χ4n) is 2.13. The summed E-state index contributed by atoms with van der Waals surface area (Å²) in [7, 11) is -3.34. The zero-order valence-electron chi connectivity index (χ0n) is 13.8. The largest absolute Gasteiger partial charge is 0.457 e. The second-order valence-corrected chi connectivity index (χ2v) is 7.76. The maximum Gasteiger partial charge on any atom is 0.239 e. The third-order valence-electron chi connectivity index (χ3n) is 3.26. The van der Waals surface area contributed by atoms with E-state index in [0.29, 0.717) is 17.9 Å². The molecular formula is C18H21NO4S. The Labute approximate surface area is 142 Å². The second kappa shape index (κ2) is 7.97. The molecule has 0 aliphatic carbocycles. The molecule has 0 saturated heterocycles. The highest BCUT2D eigenvalue weighted by Crippen LogP contribution is 2.23. The first-order valence-electron chi connectivity index (χ1n) is 7.73. The van der Waals surface area contributed by atoms with Crippen LogP contribution in [0.4, 0.5) is 5.69 Å². The Hall–Kier alpha value is -2.34. The van der Waals surface area contributed by atoms with Crippen molar-refractivity contribution in [1.29, 1.82) is 0 Å². The van der Waals surface area contributed by atoms with E-state index in [9.17, 15) is 13.2 Å². The quantitative estimate of drug-likeness (QED) is 0.831. The van der Waals surface area contributed by atoms with Crippen LogP contribution in [0.2, 0.25) is 0 Å². The molecule has 0 heterocycles. The maximum atomic E-state index is 11.8. The molecule has 128 valence electrons. The van der Waals surface area contributed by atoms with Crippen LogP contribution in [0.15, 0.2) is 48.5 Å². The topological polar surface area (TPSA) is 72.5 Å². The number of hydrogen-bond donors (Lipinski definition) is 1. The van der Waals surface area contributed by atoms with Crippen LogP contribution in [0.3, 0.4) is 0 Å². The van der Waals surface area contributed by atoms with Crippen molar-refractivity contribution >= 4 is 21.4 Å². The van der Waals surface area contributed by atoms with E-state index in [0.717, 1.165) is 11.3 Å². The van der Waals surface area contributed by atoms with E-state index in [-0.39, 0.29) is 5.75 Å². The normalized spacial score (nSPS) is 11.1. The van der Waals surface area contributed by atoms with Gasteiger partial charge in [0.05, 0.1) is 5.75 Å². The van der Waals surface area contributed by atoms with E-state index < -0.39 is 21.5 Å². The van der Waals surface area contributed by atoms with E-state index in [2.05, 4.69) is 5.32 Å². The van der Waals surface area contributed by atoms with Gasteiger partial charge in [0, 0.05) is 5.69 Å². The first-order chi connectivity index (χ1) is 11.4. The lowest BCUT2D eigenvalue weighted by molar-refractivity contribution is -0.113. The molecule has 2 aromatic carbocycles. The monoisotopic (exact) mass is 347 g/mol. The van der Waals surface area contributed by atoms with Crippen molar-refractivity contribution in [2.45, 2.75) is 20.3 Å². The van der Waals surface area contributed by atoms with Crippen molar-refractivity contribution in [1.82, 2.24) is 0 Å². The standard InChI is InChI=1S/C18H21NO4S/c1-3-12-24(21,22)13-18(20)19-15-6-10-17(11-7-15)23-16-8-4-14(2)5-9-16/h4-11H,3,12-13H2,1-2H3,(H,19,20). The third kappa shape index (κ3) is 5.70. The van der Waals surface area contributed by atoms with Gasteiger partial charge in [-0.2, -0.15) is 0 Å². The Morgan fingerprint density at radius 2 is 1.54 bits per heavy atom. The number of carbonyl (C=O) groups excluding carboxylic acids is 1. The van der Waals surface area contributed by atoms with E-state index in [1.165, 1.54) is 0 Å². The number of anilines is 1. The minimum Gasteiger partial charge on any atom is -0.457 e. The van der Waals surface area contributed by atoms with Gasteiger partial charge in [-0.05, 0) is 49.7 Å². The summed E-state index contributed by atoms with van der Waals surface area (Å²) in [5, 5.41) is 2.58. The van der Waals surface area contributed by atoms with Crippen LogP contribution in [0.1, 0.15) is 18.9 Å². The predicted molar refractivity (Wildman–Crippen MR) is 95.3 cm³/mol. The minimum atomic E-state index is -3.34. The molecule has 0 atom stereocenters. The average Bonchev–Trinajstić information content (AvgIpc) is 2.50. The Bertz CT molecular complexity index is 781. The lowest BCUT2D eigenvalue weighted by Gasteiger charge is -2.08. The number of rotatable bonds is 7. The molecule has 2 aromatic rings. The Morgan fingerprint density at radius 3 is 2.08 bits per heavy atom. The van der Waals surface area contributed by atoms with Gasteiger partial charge < -0.3 is 10.1 Å². The van der Waals surface area contributed by atoms with Gasteiger partial charge in [0.2, 0.25) is 5.91 Å². The molecule has 6 heteroatoms. The van der Waals surface area contributed by atoms with Crippen LogP contribution in [0.25, 0.3) is 0 Å². The summed E-state index contributed by atoms with van der Waals surface area (Å²) in [6.07, 6.45) is 0.501. The highest BCUT2D eigenvalue weighted by atomic mass is 32.2. The molecule has 0 fully saturated rings. The van der Waals surface area contributed by atoms with E-state index >= 15 is 0 Å². The number of nitrogens with one attached hydrogen (secondary N) is 1. The summed E-state index contributed by atoms with van der Waals surface area (Å²) in [4.78, 5) is 11.8. The average molecular weight is 347 g/mol. The number of amides is 1. The van der Waals surface area contributed by atoms with Crippen LogP contribution >= 0.6 is 0 Å². The number of carbonyl (C=O) groups is 1. The first kappa shape index (κ1) is 18.0. The van der Waals surface area contributed by atoms with Crippen molar-refractivity contribution in [3.63, 3.8) is 0 Å². The van der Waals surface area contributed by atoms with E-state index in [4.69, 9.17) is 4.74 Å². The molecule has 0 bridgehead atoms. The summed E-state index contributed by atoms with van der Waals surface area (Å²) in [6.45, 7) is 3.77. The molecule has 1 N–H and O–H groups in total. The first-order valence-corrected chi connectivity index (χ1v) is 9.55. The van der Waals surface area contributed by atoms with Crippen LogP contribution < -0.4 is 10.1 Å². The highest BCUT2D eigenvalue weighted by Gasteiger charge is 2.15. The molecule has 0 aromatic heterocycles. The molecule has 24 heavy (non-hydrogen) atoms. The number of aryl methyl sites for hydroxylation is 1. The Kier molecular flexibility index (Phi) is 5.98. The number of benzene rings is 2. The predicted octanol–water partition coefficient (Wildman–Crippen LogP) is 3.55. The molecule has 0 saturated carbocycles. The zero-order valence-corrected chi connectivity index (χ0v) is 14.6.